The summed E-state index contributed by atoms with van der Waals surface area (Å²) >= 11 is 0. The van der Waals surface area contributed by atoms with Crippen molar-refractivity contribution in [3.05, 3.63) is 77.3 Å². The van der Waals surface area contributed by atoms with Crippen molar-refractivity contribution in [1.82, 2.24) is 16.0 Å². The van der Waals surface area contributed by atoms with Crippen molar-refractivity contribution in [3.8, 4) is 6.07 Å². The minimum Gasteiger partial charge on any atom is -0.481 e. The maximum atomic E-state index is 11.5. The zero-order valence-electron chi connectivity index (χ0n) is 25.5. The van der Waals surface area contributed by atoms with E-state index in [9.17, 15) is 24.0 Å². The van der Waals surface area contributed by atoms with Crippen molar-refractivity contribution in [2.24, 2.45) is 0 Å². The number of ether oxygens (including phenoxy) is 2. The lowest BCUT2D eigenvalue weighted by atomic mass is 10.2. The van der Waals surface area contributed by atoms with E-state index in [1.54, 1.807) is 33.8 Å². The van der Waals surface area contributed by atoms with Crippen LogP contribution in [-0.4, -0.2) is 64.7 Å². The van der Waals surface area contributed by atoms with E-state index in [-0.39, 0.29) is 13.0 Å². The van der Waals surface area contributed by atoms with Crippen molar-refractivity contribution < 1.29 is 43.3 Å². The van der Waals surface area contributed by atoms with Gasteiger partial charge in [0.25, 0.3) is 5.91 Å². The number of nitrogens with one attached hydrogen (secondary N) is 3. The molecule has 0 aliphatic heterocycles. The molecule has 0 heterocycles. The van der Waals surface area contributed by atoms with Gasteiger partial charge >= 0.3 is 30.2 Å². The van der Waals surface area contributed by atoms with Gasteiger partial charge in [-0.1, -0.05) is 67.6 Å². The number of carboxylic acids is 1. The Labute approximate surface area is 257 Å². The minimum atomic E-state index is -0.745. The minimum absolute atomic E-state index is 0.222. The molecule has 0 aliphatic carbocycles. The number of hydrogen-bond donors (Lipinski definition) is 4. The monoisotopic (exact) mass is 612 g/mol. The number of amides is 3. The van der Waals surface area contributed by atoms with Gasteiger partial charge in [0.15, 0.2) is 6.61 Å². The molecule has 238 valence electrons. The SMILES string of the molecule is CC#N.CC(C)(C)OC(=O)NCC(=O)OCC(=O)NCc1ccccc1.CCC(=O)O.[N-]=[N+]=CC(=O)NCc1ccccc1. The van der Waals surface area contributed by atoms with Crippen molar-refractivity contribution in [2.75, 3.05) is 13.2 Å². The van der Waals surface area contributed by atoms with Gasteiger partial charge in [0.2, 0.25) is 0 Å². The number of carbonyl (C=O) groups excluding carboxylic acids is 4. The number of rotatable bonds is 10. The molecule has 0 atom stereocenters. The molecule has 2 aromatic rings. The Morgan fingerprint density at radius 2 is 1.39 bits per heavy atom. The number of aliphatic carboxylic acids is 1. The van der Waals surface area contributed by atoms with Gasteiger partial charge in [-0.25, -0.2) is 4.79 Å². The third-order valence-electron chi connectivity index (χ3n) is 4.26. The molecule has 2 aromatic carbocycles. The normalized spacial score (nSPS) is 9.09. The summed E-state index contributed by atoms with van der Waals surface area (Å²) < 4.78 is 9.72. The highest BCUT2D eigenvalue weighted by molar-refractivity contribution is 6.23. The number of nitriles is 1. The fourth-order valence-corrected chi connectivity index (χ4v) is 2.39. The zero-order valence-corrected chi connectivity index (χ0v) is 25.5. The summed E-state index contributed by atoms with van der Waals surface area (Å²) in [6, 6.07) is 20.6. The molecule has 0 aromatic heterocycles. The zero-order chi connectivity index (χ0) is 33.8. The molecule has 0 saturated carbocycles. The highest BCUT2D eigenvalue weighted by atomic mass is 16.6. The average molecular weight is 613 g/mol. The molecule has 44 heavy (non-hydrogen) atoms. The van der Waals surface area contributed by atoms with E-state index in [0.717, 1.165) is 17.3 Å². The van der Waals surface area contributed by atoms with Crippen molar-refractivity contribution >= 4 is 36.1 Å². The summed E-state index contributed by atoms with van der Waals surface area (Å²) in [7, 11) is 0. The molecule has 0 fully saturated rings. The lowest BCUT2D eigenvalue weighted by molar-refractivity contribution is -0.147. The van der Waals surface area contributed by atoms with Gasteiger partial charge in [-0.15, -0.1) is 0 Å². The topological polar surface area (TPSA) is 220 Å². The van der Waals surface area contributed by atoms with Crippen LogP contribution in [0, 0.1) is 11.3 Å². The molecule has 14 nitrogen and oxygen atoms in total. The van der Waals surface area contributed by atoms with Crippen LogP contribution in [0.2, 0.25) is 0 Å². The van der Waals surface area contributed by atoms with Crippen molar-refractivity contribution in [2.45, 2.75) is 59.7 Å². The fraction of sp³-hybridized carbons (Fsp3) is 0.367. The quantitative estimate of drug-likeness (QED) is 0.134. The predicted octanol–water partition coefficient (Wildman–Crippen LogP) is 2.98. The first-order valence-electron chi connectivity index (χ1n) is 13.2. The van der Waals surface area contributed by atoms with Crippen molar-refractivity contribution in [3.63, 3.8) is 0 Å². The Bertz CT molecular complexity index is 1240. The first kappa shape index (κ1) is 40.6. The average Bonchev–Trinajstić information content (AvgIpc) is 2.98. The highest BCUT2D eigenvalue weighted by Crippen LogP contribution is 2.06. The van der Waals surface area contributed by atoms with Crippen LogP contribution < -0.4 is 16.0 Å². The van der Waals surface area contributed by atoms with Crippen LogP contribution in [0.4, 0.5) is 4.79 Å². The summed E-state index contributed by atoms with van der Waals surface area (Å²) in [4.78, 5) is 57.1. The number of alkyl carbamates (subject to hydrolysis) is 1. The van der Waals surface area contributed by atoms with E-state index >= 15 is 0 Å². The standard InChI is InChI=1S/C16H22N2O5.C9H9N3O.C3H6O2.C2H3N/c1-16(2,3)23-15(21)18-10-14(20)22-11-13(19)17-9-12-7-5-4-6-8-12;10-12-7-9(13)11-6-8-4-2-1-3-5-8;1-2-3(4)5;1-2-3/h4-8H,9-11H2,1-3H3,(H,17,19)(H,18,21);1-5,7H,6H2,(H,11,13);2H2,1H3,(H,4,5);1H3. The molecule has 14 heteroatoms. The van der Waals surface area contributed by atoms with Gasteiger partial charge in [0, 0.05) is 26.4 Å². The fourth-order valence-electron chi connectivity index (χ4n) is 2.39. The van der Waals surface area contributed by atoms with Crippen LogP contribution >= 0.6 is 0 Å². The number of benzene rings is 2. The van der Waals surface area contributed by atoms with Gasteiger partial charge in [0.1, 0.15) is 12.1 Å². The number of carboxylic acid groups (broad SMARTS) is 1. The van der Waals surface area contributed by atoms with Crippen LogP contribution in [0.3, 0.4) is 0 Å². The lowest BCUT2D eigenvalue weighted by Crippen LogP contribution is -2.37. The molecular weight excluding hydrogens is 572 g/mol. The predicted molar refractivity (Wildman–Crippen MR) is 161 cm³/mol. The first-order valence-corrected chi connectivity index (χ1v) is 13.2. The molecule has 0 spiro atoms. The van der Waals surface area contributed by atoms with E-state index in [2.05, 4.69) is 20.7 Å². The molecule has 3 amide bonds. The second-order valence-electron chi connectivity index (χ2n) is 9.20. The van der Waals surface area contributed by atoms with Crippen LogP contribution in [-0.2, 0) is 41.7 Å². The van der Waals surface area contributed by atoms with Crippen LogP contribution in [0.25, 0.3) is 5.53 Å². The lowest BCUT2D eigenvalue weighted by Gasteiger charge is -2.19. The maximum Gasteiger partial charge on any atom is 0.408 e. The Hall–Kier alpha value is -5.54. The first-order chi connectivity index (χ1) is 20.8. The van der Waals surface area contributed by atoms with Gasteiger partial charge < -0.3 is 36.1 Å². The van der Waals surface area contributed by atoms with E-state index in [1.165, 1.54) is 6.92 Å². The van der Waals surface area contributed by atoms with E-state index in [4.69, 9.17) is 25.4 Å². The van der Waals surface area contributed by atoms with Gasteiger partial charge in [0.05, 0.1) is 6.07 Å². The molecule has 0 radical (unpaired) electrons. The van der Waals surface area contributed by atoms with E-state index in [0.29, 0.717) is 13.1 Å². The third-order valence-corrected chi connectivity index (χ3v) is 4.26. The molecular formula is C30H40N6O8. The molecule has 0 bridgehead atoms. The summed E-state index contributed by atoms with van der Waals surface area (Å²) in [6.45, 7) is 8.19. The number of nitrogens with zero attached hydrogens (tertiary/aromatic N) is 3. The third kappa shape index (κ3) is 28.0. The van der Waals surface area contributed by atoms with E-state index < -0.39 is 42.1 Å². The van der Waals surface area contributed by atoms with Crippen molar-refractivity contribution in [1.29, 1.82) is 5.26 Å². The molecule has 2 rings (SSSR count). The Kier molecular flexibility index (Phi) is 23.2. The van der Waals surface area contributed by atoms with Crippen LogP contribution in [0.5, 0.6) is 0 Å². The summed E-state index contributed by atoms with van der Waals surface area (Å²) in [5.74, 6) is -2.29. The Morgan fingerprint density at radius 1 is 0.932 bits per heavy atom. The summed E-state index contributed by atoms with van der Waals surface area (Å²) in [5, 5.41) is 22.5. The number of hydrogen-bond acceptors (Lipinski definition) is 8. The highest BCUT2D eigenvalue weighted by Gasteiger charge is 2.17. The second kappa shape index (κ2) is 25.2. The van der Waals surface area contributed by atoms with Crippen LogP contribution in [0.15, 0.2) is 60.7 Å². The largest absolute Gasteiger partial charge is 0.481 e. The Morgan fingerprint density at radius 3 is 1.80 bits per heavy atom. The Balaban J connectivity index is 0. The van der Waals surface area contributed by atoms with Gasteiger partial charge in [-0.2, -0.15) is 10.1 Å². The summed E-state index contributed by atoms with van der Waals surface area (Å²) in [6.07, 6.45) is 0.325. The van der Waals surface area contributed by atoms with E-state index in [1.807, 2.05) is 60.7 Å². The second-order valence-corrected chi connectivity index (χ2v) is 9.20. The summed E-state index contributed by atoms with van der Waals surface area (Å²) in [5.41, 5.74) is 9.34. The molecule has 0 aliphatic rings. The van der Waals surface area contributed by atoms with Gasteiger partial charge in [-0.3, -0.25) is 19.2 Å². The molecule has 0 saturated heterocycles. The number of carbonyl (C=O) groups is 5. The van der Waals surface area contributed by atoms with Gasteiger partial charge in [-0.05, 0) is 31.9 Å². The van der Waals surface area contributed by atoms with Crippen LogP contribution in [0.1, 0.15) is 52.2 Å². The smallest absolute Gasteiger partial charge is 0.408 e. The number of esters is 1. The molecule has 4 N–H and O–H groups in total. The molecule has 0 unspecified atom stereocenters. The maximum absolute atomic E-state index is 11.5.